The van der Waals surface area contributed by atoms with Crippen LogP contribution in [0.3, 0.4) is 0 Å². The molecule has 1 aliphatic rings. The number of anilines is 3. The average Bonchev–Trinajstić information content (AvgIpc) is 3.07. The van der Waals surface area contributed by atoms with E-state index in [2.05, 4.69) is 10.6 Å². The van der Waals surface area contributed by atoms with Crippen molar-refractivity contribution in [3.63, 3.8) is 0 Å². The Hall–Kier alpha value is -2.86. The van der Waals surface area contributed by atoms with Crippen LogP contribution < -0.4 is 15.5 Å². The molecule has 0 saturated carbocycles. The summed E-state index contributed by atoms with van der Waals surface area (Å²) in [5, 5.41) is 5.86. The van der Waals surface area contributed by atoms with Crippen LogP contribution in [0.25, 0.3) is 0 Å². The van der Waals surface area contributed by atoms with Crippen molar-refractivity contribution in [1.82, 2.24) is 0 Å². The van der Waals surface area contributed by atoms with Gasteiger partial charge in [-0.25, -0.2) is 0 Å². The summed E-state index contributed by atoms with van der Waals surface area (Å²) >= 11 is 6.17. The van der Waals surface area contributed by atoms with Crippen molar-refractivity contribution in [2.24, 2.45) is 5.92 Å². The highest BCUT2D eigenvalue weighted by molar-refractivity contribution is 6.34. The van der Waals surface area contributed by atoms with Crippen LogP contribution in [-0.4, -0.2) is 24.3 Å². The summed E-state index contributed by atoms with van der Waals surface area (Å²) in [7, 11) is 0. The fourth-order valence-electron chi connectivity index (χ4n) is 2.92. The van der Waals surface area contributed by atoms with Crippen molar-refractivity contribution in [2.45, 2.75) is 19.8 Å². The second kappa shape index (κ2) is 8.22. The van der Waals surface area contributed by atoms with Crippen LogP contribution in [0, 0.1) is 5.92 Å². The van der Waals surface area contributed by atoms with E-state index >= 15 is 0 Å². The van der Waals surface area contributed by atoms with Crippen molar-refractivity contribution in [3.8, 4) is 0 Å². The third-order valence-corrected chi connectivity index (χ3v) is 4.72. The second-order valence-electron chi connectivity index (χ2n) is 6.33. The number of benzene rings is 2. The minimum absolute atomic E-state index is 0.0867. The SMILES string of the molecule is CCC(=O)Nc1ccc(Cl)c(NC(=O)C2CC(=O)N(c3ccccc3)C2)c1. The summed E-state index contributed by atoms with van der Waals surface area (Å²) in [5.74, 6) is -0.962. The van der Waals surface area contributed by atoms with Gasteiger partial charge in [-0.05, 0) is 30.3 Å². The molecule has 7 heteroatoms. The van der Waals surface area contributed by atoms with Crippen LogP contribution >= 0.6 is 11.6 Å². The number of nitrogens with zero attached hydrogens (tertiary/aromatic N) is 1. The van der Waals surface area contributed by atoms with Crippen LogP contribution in [-0.2, 0) is 14.4 Å². The Labute approximate surface area is 162 Å². The molecule has 3 amide bonds. The molecule has 140 valence electrons. The summed E-state index contributed by atoms with van der Waals surface area (Å²) in [5.41, 5.74) is 1.73. The monoisotopic (exact) mass is 385 g/mol. The molecule has 0 spiro atoms. The van der Waals surface area contributed by atoms with Gasteiger partial charge in [0.2, 0.25) is 17.7 Å². The Morgan fingerprint density at radius 1 is 1.15 bits per heavy atom. The highest BCUT2D eigenvalue weighted by Crippen LogP contribution is 2.29. The lowest BCUT2D eigenvalue weighted by molar-refractivity contribution is -0.122. The van der Waals surface area contributed by atoms with Gasteiger partial charge in [-0.2, -0.15) is 0 Å². The summed E-state index contributed by atoms with van der Waals surface area (Å²) in [6, 6.07) is 14.2. The fraction of sp³-hybridized carbons (Fsp3) is 0.250. The Kier molecular flexibility index (Phi) is 5.76. The van der Waals surface area contributed by atoms with E-state index in [1.807, 2.05) is 30.3 Å². The number of carbonyl (C=O) groups excluding carboxylic acids is 3. The second-order valence-corrected chi connectivity index (χ2v) is 6.73. The molecule has 1 aliphatic heterocycles. The maximum Gasteiger partial charge on any atom is 0.229 e. The molecule has 0 aromatic heterocycles. The van der Waals surface area contributed by atoms with Crippen LogP contribution in [0.5, 0.6) is 0 Å². The molecule has 2 aromatic carbocycles. The normalized spacial score (nSPS) is 16.3. The minimum atomic E-state index is -0.470. The molecule has 2 N–H and O–H groups in total. The molecular weight excluding hydrogens is 366 g/mol. The zero-order chi connectivity index (χ0) is 19.4. The van der Waals surface area contributed by atoms with Gasteiger partial charge in [0.15, 0.2) is 0 Å². The van der Waals surface area contributed by atoms with E-state index in [1.54, 1.807) is 30.0 Å². The van der Waals surface area contributed by atoms with Crippen molar-refractivity contribution >= 4 is 46.4 Å². The van der Waals surface area contributed by atoms with Crippen molar-refractivity contribution in [2.75, 3.05) is 22.1 Å². The number of para-hydroxylation sites is 1. The first kappa shape index (κ1) is 18.9. The van der Waals surface area contributed by atoms with Crippen molar-refractivity contribution < 1.29 is 14.4 Å². The Balaban J connectivity index is 1.70. The lowest BCUT2D eigenvalue weighted by Crippen LogP contribution is -2.28. The Morgan fingerprint density at radius 3 is 2.59 bits per heavy atom. The predicted molar refractivity (Wildman–Crippen MR) is 106 cm³/mol. The lowest BCUT2D eigenvalue weighted by atomic mass is 10.1. The van der Waals surface area contributed by atoms with Gasteiger partial charge >= 0.3 is 0 Å². The number of halogens is 1. The van der Waals surface area contributed by atoms with E-state index in [0.29, 0.717) is 29.4 Å². The predicted octanol–water partition coefficient (Wildman–Crippen LogP) is 3.68. The fourth-order valence-corrected chi connectivity index (χ4v) is 3.09. The molecule has 1 atom stereocenters. The van der Waals surface area contributed by atoms with Gasteiger partial charge < -0.3 is 15.5 Å². The van der Waals surface area contributed by atoms with Crippen molar-refractivity contribution in [1.29, 1.82) is 0 Å². The van der Waals surface area contributed by atoms with Crippen LogP contribution in [0.4, 0.5) is 17.1 Å². The first-order valence-electron chi connectivity index (χ1n) is 8.73. The molecule has 0 aliphatic carbocycles. The first-order chi connectivity index (χ1) is 13.0. The van der Waals surface area contributed by atoms with E-state index in [1.165, 1.54) is 0 Å². The van der Waals surface area contributed by atoms with E-state index in [-0.39, 0.29) is 24.1 Å². The topological polar surface area (TPSA) is 78.5 Å². The molecule has 6 nitrogen and oxygen atoms in total. The van der Waals surface area contributed by atoms with E-state index in [4.69, 9.17) is 11.6 Å². The summed E-state index contributed by atoms with van der Waals surface area (Å²) < 4.78 is 0. The third-order valence-electron chi connectivity index (χ3n) is 4.39. The highest BCUT2D eigenvalue weighted by atomic mass is 35.5. The summed E-state index contributed by atoms with van der Waals surface area (Å²) in [6.45, 7) is 2.07. The van der Waals surface area contributed by atoms with Gasteiger partial charge in [0.1, 0.15) is 0 Å². The van der Waals surface area contributed by atoms with Crippen LogP contribution in [0.2, 0.25) is 5.02 Å². The van der Waals surface area contributed by atoms with E-state index in [9.17, 15) is 14.4 Å². The Bertz CT molecular complexity index is 870. The van der Waals surface area contributed by atoms with Gasteiger partial charge in [0, 0.05) is 30.8 Å². The lowest BCUT2D eigenvalue weighted by Gasteiger charge is -2.17. The molecule has 1 saturated heterocycles. The molecule has 1 unspecified atom stereocenters. The highest BCUT2D eigenvalue weighted by Gasteiger charge is 2.35. The van der Waals surface area contributed by atoms with Crippen LogP contribution in [0.1, 0.15) is 19.8 Å². The van der Waals surface area contributed by atoms with Crippen LogP contribution in [0.15, 0.2) is 48.5 Å². The molecule has 3 rings (SSSR count). The molecule has 1 heterocycles. The number of nitrogens with one attached hydrogen (secondary N) is 2. The molecule has 0 radical (unpaired) electrons. The molecule has 2 aromatic rings. The van der Waals surface area contributed by atoms with E-state index in [0.717, 1.165) is 5.69 Å². The third kappa shape index (κ3) is 4.46. The van der Waals surface area contributed by atoms with Gasteiger partial charge in [0.05, 0.1) is 16.6 Å². The molecule has 1 fully saturated rings. The van der Waals surface area contributed by atoms with Gasteiger partial charge in [0.25, 0.3) is 0 Å². The number of carbonyl (C=O) groups is 3. The Morgan fingerprint density at radius 2 is 1.89 bits per heavy atom. The maximum atomic E-state index is 12.6. The number of hydrogen-bond donors (Lipinski definition) is 2. The first-order valence-corrected chi connectivity index (χ1v) is 9.11. The quantitative estimate of drug-likeness (QED) is 0.824. The van der Waals surface area contributed by atoms with Gasteiger partial charge in [-0.1, -0.05) is 36.7 Å². The largest absolute Gasteiger partial charge is 0.326 e. The van der Waals surface area contributed by atoms with E-state index < -0.39 is 5.92 Å². The number of hydrogen-bond acceptors (Lipinski definition) is 3. The smallest absolute Gasteiger partial charge is 0.229 e. The average molecular weight is 386 g/mol. The minimum Gasteiger partial charge on any atom is -0.326 e. The van der Waals surface area contributed by atoms with Gasteiger partial charge in [-0.3, -0.25) is 14.4 Å². The van der Waals surface area contributed by atoms with Crippen molar-refractivity contribution in [3.05, 3.63) is 53.6 Å². The molecule has 0 bridgehead atoms. The molecular formula is C20H20ClN3O3. The number of rotatable bonds is 5. The number of amides is 3. The zero-order valence-electron chi connectivity index (χ0n) is 14.9. The summed E-state index contributed by atoms with van der Waals surface area (Å²) in [6.07, 6.45) is 0.494. The van der Waals surface area contributed by atoms with Gasteiger partial charge in [-0.15, -0.1) is 0 Å². The zero-order valence-corrected chi connectivity index (χ0v) is 15.6. The maximum absolute atomic E-state index is 12.6. The molecule has 27 heavy (non-hydrogen) atoms. The summed E-state index contributed by atoms with van der Waals surface area (Å²) in [4.78, 5) is 38.1. The standard InChI is InChI=1S/C20H20ClN3O3/c1-2-18(25)22-14-8-9-16(21)17(11-14)23-20(27)13-10-19(26)24(12-13)15-6-4-3-5-7-15/h3-9,11,13H,2,10,12H2,1H3,(H,22,25)(H,23,27).